The lowest BCUT2D eigenvalue weighted by atomic mass is 9.71. The molecule has 1 saturated carbocycles. The number of rotatable bonds is 3. The highest BCUT2D eigenvalue weighted by molar-refractivity contribution is 9.10. The van der Waals surface area contributed by atoms with Crippen LogP contribution in [0.2, 0.25) is 5.02 Å². The summed E-state index contributed by atoms with van der Waals surface area (Å²) >= 11 is 9.54. The summed E-state index contributed by atoms with van der Waals surface area (Å²) in [6.45, 7) is 0. The van der Waals surface area contributed by atoms with Gasteiger partial charge in [-0.05, 0) is 43.0 Å². The van der Waals surface area contributed by atoms with Crippen molar-refractivity contribution in [1.82, 2.24) is 10.3 Å². The smallest absolute Gasteiger partial charge is 0.253 e. The number of hydrogen-bond donors (Lipinski definition) is 1. The van der Waals surface area contributed by atoms with Crippen LogP contribution in [-0.4, -0.2) is 10.9 Å². The van der Waals surface area contributed by atoms with Gasteiger partial charge in [-0.2, -0.15) is 0 Å². The molecule has 0 atom stereocenters. The van der Waals surface area contributed by atoms with Gasteiger partial charge in [0.15, 0.2) is 0 Å². The molecule has 21 heavy (non-hydrogen) atoms. The minimum absolute atomic E-state index is 0.151. The van der Waals surface area contributed by atoms with E-state index in [1.165, 1.54) is 6.20 Å². The van der Waals surface area contributed by atoms with Crippen molar-refractivity contribution in [2.75, 3.05) is 0 Å². The van der Waals surface area contributed by atoms with Crippen LogP contribution in [0.3, 0.4) is 0 Å². The van der Waals surface area contributed by atoms with E-state index >= 15 is 0 Å². The molecule has 1 aromatic carbocycles. The molecule has 2 aromatic rings. The molecule has 1 amide bonds. The zero-order chi connectivity index (χ0) is 14.9. The average Bonchev–Trinajstić information content (AvgIpc) is 2.43. The summed E-state index contributed by atoms with van der Waals surface area (Å²) in [5.74, 6) is -0.151. The van der Waals surface area contributed by atoms with Crippen molar-refractivity contribution in [3.63, 3.8) is 0 Å². The van der Waals surface area contributed by atoms with Crippen molar-refractivity contribution in [3.05, 3.63) is 63.3 Å². The highest BCUT2D eigenvalue weighted by atomic mass is 79.9. The van der Waals surface area contributed by atoms with Gasteiger partial charge in [0.05, 0.1) is 16.1 Å². The molecule has 0 radical (unpaired) electrons. The molecule has 1 aliphatic rings. The summed E-state index contributed by atoms with van der Waals surface area (Å²) in [5.41, 5.74) is 1.31. The van der Waals surface area contributed by atoms with Gasteiger partial charge in [-0.3, -0.25) is 9.78 Å². The SMILES string of the molecule is O=C(NC1(c2cccc(Br)c2)CCC1)c1ccncc1Cl. The first kappa shape index (κ1) is 14.5. The van der Waals surface area contributed by atoms with Crippen LogP contribution < -0.4 is 5.32 Å². The van der Waals surface area contributed by atoms with Gasteiger partial charge in [0, 0.05) is 16.9 Å². The second-order valence-electron chi connectivity index (χ2n) is 5.26. The Balaban J connectivity index is 1.88. The quantitative estimate of drug-likeness (QED) is 0.881. The molecule has 108 valence electrons. The summed E-state index contributed by atoms with van der Waals surface area (Å²) in [5, 5.41) is 3.53. The largest absolute Gasteiger partial charge is 0.342 e. The first-order chi connectivity index (χ1) is 10.1. The lowest BCUT2D eigenvalue weighted by molar-refractivity contribution is 0.0823. The number of nitrogens with zero attached hydrogens (tertiary/aromatic N) is 1. The van der Waals surface area contributed by atoms with Crippen LogP contribution in [-0.2, 0) is 5.54 Å². The number of aromatic nitrogens is 1. The van der Waals surface area contributed by atoms with E-state index in [4.69, 9.17) is 11.6 Å². The van der Waals surface area contributed by atoms with E-state index in [-0.39, 0.29) is 11.4 Å². The minimum Gasteiger partial charge on any atom is -0.342 e. The second kappa shape index (κ2) is 5.78. The van der Waals surface area contributed by atoms with Gasteiger partial charge in [0.2, 0.25) is 0 Å². The summed E-state index contributed by atoms with van der Waals surface area (Å²) in [7, 11) is 0. The number of amides is 1. The van der Waals surface area contributed by atoms with Gasteiger partial charge in [0.1, 0.15) is 0 Å². The molecular weight excluding hydrogens is 352 g/mol. The molecule has 0 spiro atoms. The van der Waals surface area contributed by atoms with E-state index in [0.29, 0.717) is 10.6 Å². The first-order valence-corrected chi connectivity index (χ1v) is 7.96. The zero-order valence-electron chi connectivity index (χ0n) is 11.3. The van der Waals surface area contributed by atoms with E-state index in [1.54, 1.807) is 12.3 Å². The zero-order valence-corrected chi connectivity index (χ0v) is 13.6. The summed E-state index contributed by atoms with van der Waals surface area (Å²) < 4.78 is 1.02. The lowest BCUT2D eigenvalue weighted by Gasteiger charge is -2.43. The van der Waals surface area contributed by atoms with Crippen molar-refractivity contribution in [2.45, 2.75) is 24.8 Å². The molecule has 3 rings (SSSR count). The number of hydrogen-bond acceptors (Lipinski definition) is 2. The molecule has 0 aliphatic heterocycles. The van der Waals surface area contributed by atoms with Gasteiger partial charge in [0.25, 0.3) is 5.91 Å². The molecule has 1 heterocycles. The molecule has 5 heteroatoms. The molecule has 0 bridgehead atoms. The summed E-state index contributed by atoms with van der Waals surface area (Å²) in [4.78, 5) is 16.4. The van der Waals surface area contributed by atoms with E-state index < -0.39 is 0 Å². The Hall–Kier alpha value is -1.39. The van der Waals surface area contributed by atoms with Crippen LogP contribution in [0.1, 0.15) is 35.2 Å². The molecule has 1 fully saturated rings. The number of halogens is 2. The van der Waals surface area contributed by atoms with Gasteiger partial charge in [-0.15, -0.1) is 0 Å². The highest BCUT2D eigenvalue weighted by Gasteiger charge is 2.40. The lowest BCUT2D eigenvalue weighted by Crippen LogP contribution is -2.50. The minimum atomic E-state index is -0.284. The molecular formula is C16H14BrClN2O. The Bertz CT molecular complexity index is 685. The monoisotopic (exact) mass is 364 g/mol. The number of benzene rings is 1. The Morgan fingerprint density at radius 1 is 1.33 bits per heavy atom. The maximum absolute atomic E-state index is 12.5. The first-order valence-electron chi connectivity index (χ1n) is 6.79. The molecule has 1 aliphatic carbocycles. The Kier molecular flexibility index (Phi) is 4.00. The normalized spacial score (nSPS) is 16.1. The van der Waals surface area contributed by atoms with E-state index in [9.17, 15) is 4.79 Å². The third-order valence-electron chi connectivity index (χ3n) is 3.95. The van der Waals surface area contributed by atoms with Crippen molar-refractivity contribution in [3.8, 4) is 0 Å². The third kappa shape index (κ3) is 2.83. The fraction of sp³-hybridized carbons (Fsp3) is 0.250. The van der Waals surface area contributed by atoms with Gasteiger partial charge < -0.3 is 5.32 Å². The molecule has 1 aromatic heterocycles. The molecule has 3 nitrogen and oxygen atoms in total. The maximum Gasteiger partial charge on any atom is 0.253 e. The van der Waals surface area contributed by atoms with E-state index in [1.807, 2.05) is 12.1 Å². The van der Waals surface area contributed by atoms with Crippen molar-refractivity contribution < 1.29 is 4.79 Å². The van der Waals surface area contributed by atoms with Crippen molar-refractivity contribution >= 4 is 33.4 Å². The molecule has 1 N–H and O–H groups in total. The van der Waals surface area contributed by atoms with E-state index in [0.717, 1.165) is 29.3 Å². The third-order valence-corrected chi connectivity index (χ3v) is 4.75. The van der Waals surface area contributed by atoms with Crippen LogP contribution in [0, 0.1) is 0 Å². The number of carbonyl (C=O) groups excluding carboxylic acids is 1. The van der Waals surface area contributed by atoms with Gasteiger partial charge in [-0.1, -0.05) is 39.7 Å². The standard InChI is InChI=1S/C16H14BrClN2O/c17-12-4-1-3-11(9-12)16(6-2-7-16)20-15(21)13-5-8-19-10-14(13)18/h1,3-5,8-10H,2,6-7H2,(H,20,21). The van der Waals surface area contributed by atoms with Crippen LogP contribution in [0.5, 0.6) is 0 Å². The Morgan fingerprint density at radius 2 is 2.14 bits per heavy atom. The summed E-state index contributed by atoms with van der Waals surface area (Å²) in [6.07, 6.45) is 6.06. The fourth-order valence-corrected chi connectivity index (χ4v) is 3.25. The number of nitrogens with one attached hydrogen (secondary N) is 1. The number of carbonyl (C=O) groups is 1. The van der Waals surface area contributed by atoms with Crippen molar-refractivity contribution in [2.24, 2.45) is 0 Å². The van der Waals surface area contributed by atoms with E-state index in [2.05, 4.69) is 38.4 Å². The topological polar surface area (TPSA) is 42.0 Å². The van der Waals surface area contributed by atoms with Crippen molar-refractivity contribution in [1.29, 1.82) is 0 Å². The van der Waals surface area contributed by atoms with Crippen LogP contribution in [0.25, 0.3) is 0 Å². The summed E-state index contributed by atoms with van der Waals surface area (Å²) in [6, 6.07) is 9.74. The second-order valence-corrected chi connectivity index (χ2v) is 6.58. The Morgan fingerprint density at radius 3 is 2.76 bits per heavy atom. The average molecular weight is 366 g/mol. The van der Waals surface area contributed by atoms with Crippen LogP contribution in [0.4, 0.5) is 0 Å². The Labute approximate surface area is 136 Å². The van der Waals surface area contributed by atoms with Crippen LogP contribution >= 0.6 is 27.5 Å². The van der Waals surface area contributed by atoms with Gasteiger partial charge >= 0.3 is 0 Å². The predicted molar refractivity (Wildman–Crippen MR) is 86.4 cm³/mol. The van der Waals surface area contributed by atoms with Crippen LogP contribution in [0.15, 0.2) is 47.2 Å². The maximum atomic E-state index is 12.5. The highest BCUT2D eigenvalue weighted by Crippen LogP contribution is 2.42. The fourth-order valence-electron chi connectivity index (χ4n) is 2.65. The molecule has 0 unspecified atom stereocenters. The number of pyridine rings is 1. The molecule has 0 saturated heterocycles. The predicted octanol–water partition coefficient (Wildman–Crippen LogP) is 4.31. The van der Waals surface area contributed by atoms with Gasteiger partial charge in [-0.25, -0.2) is 0 Å².